The Morgan fingerprint density at radius 2 is 2.14 bits per heavy atom. The second-order valence-electron chi connectivity index (χ2n) is 7.66. The molecule has 0 saturated heterocycles. The van der Waals surface area contributed by atoms with Crippen molar-refractivity contribution < 1.29 is 9.90 Å². The molecule has 2 aliphatic rings. The van der Waals surface area contributed by atoms with E-state index in [4.69, 9.17) is 0 Å². The molecule has 28 heavy (non-hydrogen) atoms. The Bertz CT molecular complexity index is 990. The summed E-state index contributed by atoms with van der Waals surface area (Å²) in [4.78, 5) is 22.4. The summed E-state index contributed by atoms with van der Waals surface area (Å²) >= 11 is 0. The number of benzene rings is 1. The standard InChI is InChI=1S/C21H23N5O2/c27-19(14-5-6-14)18-12-17-13-25(9-2-10-26(17)24-18)21(28)16-4-1-3-15(11-16)20-22-7-8-23-20/h1,3-4,7-8,11-12,14,19,27H,2,5-6,9-10,13H2,(H,22,23). The van der Waals surface area contributed by atoms with Crippen LogP contribution in [0.5, 0.6) is 0 Å². The summed E-state index contributed by atoms with van der Waals surface area (Å²) in [6, 6.07) is 9.52. The van der Waals surface area contributed by atoms with E-state index in [9.17, 15) is 9.90 Å². The average Bonchev–Trinajstić information content (AvgIpc) is 3.34. The number of nitrogens with one attached hydrogen (secondary N) is 1. The highest BCUT2D eigenvalue weighted by Gasteiger charge is 2.33. The molecule has 1 aliphatic heterocycles. The number of imidazole rings is 1. The number of aliphatic hydroxyl groups excluding tert-OH is 1. The quantitative estimate of drug-likeness (QED) is 0.732. The molecule has 1 saturated carbocycles. The Labute approximate surface area is 163 Å². The number of hydrogen-bond donors (Lipinski definition) is 2. The lowest BCUT2D eigenvalue weighted by molar-refractivity contribution is 0.0745. The van der Waals surface area contributed by atoms with Gasteiger partial charge in [0.05, 0.1) is 17.9 Å². The third-order valence-electron chi connectivity index (χ3n) is 5.57. The number of aromatic amines is 1. The van der Waals surface area contributed by atoms with E-state index in [-0.39, 0.29) is 5.91 Å². The molecule has 3 aromatic rings. The third kappa shape index (κ3) is 3.22. The third-order valence-corrected chi connectivity index (χ3v) is 5.57. The number of carbonyl (C=O) groups is 1. The highest BCUT2D eigenvalue weighted by Crippen LogP contribution is 2.40. The molecule has 0 spiro atoms. The second-order valence-corrected chi connectivity index (χ2v) is 7.66. The maximum Gasteiger partial charge on any atom is 0.254 e. The van der Waals surface area contributed by atoms with E-state index >= 15 is 0 Å². The smallest absolute Gasteiger partial charge is 0.254 e. The Kier molecular flexibility index (Phi) is 4.24. The number of fused-ring (bicyclic) bond motifs is 1. The van der Waals surface area contributed by atoms with Crippen LogP contribution in [-0.4, -0.2) is 42.2 Å². The second kappa shape index (κ2) is 6.91. The highest BCUT2D eigenvalue weighted by molar-refractivity contribution is 5.95. The zero-order valence-electron chi connectivity index (χ0n) is 15.6. The van der Waals surface area contributed by atoms with Crippen LogP contribution in [-0.2, 0) is 13.1 Å². The number of H-pyrrole nitrogens is 1. The van der Waals surface area contributed by atoms with Gasteiger partial charge in [-0.2, -0.15) is 5.10 Å². The number of aryl methyl sites for hydroxylation is 1. The molecule has 1 amide bonds. The number of carbonyl (C=O) groups excluding carboxylic acids is 1. The van der Waals surface area contributed by atoms with Crippen LogP contribution in [0.4, 0.5) is 0 Å². The molecular formula is C21H23N5O2. The molecule has 2 N–H and O–H groups in total. The molecule has 7 nitrogen and oxygen atoms in total. The van der Waals surface area contributed by atoms with Gasteiger partial charge in [0.2, 0.25) is 0 Å². The molecule has 1 fully saturated rings. The van der Waals surface area contributed by atoms with Crippen molar-refractivity contribution in [2.24, 2.45) is 5.92 Å². The minimum atomic E-state index is -0.478. The summed E-state index contributed by atoms with van der Waals surface area (Å²) in [5.74, 6) is 1.11. The van der Waals surface area contributed by atoms with Crippen molar-refractivity contribution in [3.8, 4) is 11.4 Å². The lowest BCUT2D eigenvalue weighted by atomic mass is 10.1. The number of hydrogen-bond acceptors (Lipinski definition) is 4. The number of aromatic nitrogens is 4. The van der Waals surface area contributed by atoms with Crippen LogP contribution < -0.4 is 0 Å². The van der Waals surface area contributed by atoms with Gasteiger partial charge in [-0.1, -0.05) is 12.1 Å². The number of nitrogens with zero attached hydrogens (tertiary/aromatic N) is 4. The Morgan fingerprint density at radius 3 is 2.93 bits per heavy atom. The van der Waals surface area contributed by atoms with Crippen molar-refractivity contribution in [3.63, 3.8) is 0 Å². The minimum Gasteiger partial charge on any atom is -0.386 e. The molecule has 3 heterocycles. The van der Waals surface area contributed by atoms with Crippen molar-refractivity contribution in [1.82, 2.24) is 24.6 Å². The van der Waals surface area contributed by atoms with Gasteiger partial charge in [0.1, 0.15) is 11.9 Å². The van der Waals surface area contributed by atoms with Crippen LogP contribution in [0.2, 0.25) is 0 Å². The molecule has 2 aromatic heterocycles. The first-order valence-electron chi connectivity index (χ1n) is 9.83. The Morgan fingerprint density at radius 1 is 1.25 bits per heavy atom. The normalized spacial score (nSPS) is 17.8. The molecule has 144 valence electrons. The zero-order chi connectivity index (χ0) is 19.1. The Balaban J connectivity index is 1.38. The van der Waals surface area contributed by atoms with Crippen LogP contribution in [0.25, 0.3) is 11.4 Å². The van der Waals surface area contributed by atoms with Crippen LogP contribution in [0.1, 0.15) is 47.1 Å². The van der Waals surface area contributed by atoms with E-state index in [0.29, 0.717) is 24.6 Å². The predicted octanol–water partition coefficient (Wildman–Crippen LogP) is 2.76. The molecule has 1 aliphatic carbocycles. The van der Waals surface area contributed by atoms with E-state index in [1.807, 2.05) is 39.9 Å². The van der Waals surface area contributed by atoms with E-state index in [1.54, 1.807) is 12.4 Å². The molecule has 5 rings (SSSR count). The number of amides is 1. The van der Waals surface area contributed by atoms with Crippen LogP contribution in [0, 0.1) is 5.92 Å². The van der Waals surface area contributed by atoms with Gasteiger partial charge >= 0.3 is 0 Å². The summed E-state index contributed by atoms with van der Waals surface area (Å²) in [7, 11) is 0. The van der Waals surface area contributed by atoms with Gasteiger partial charge in [-0.25, -0.2) is 4.98 Å². The fourth-order valence-electron chi connectivity index (χ4n) is 3.86. The molecule has 0 radical (unpaired) electrons. The van der Waals surface area contributed by atoms with Crippen LogP contribution in [0.15, 0.2) is 42.7 Å². The summed E-state index contributed by atoms with van der Waals surface area (Å²) in [6.45, 7) is 1.96. The first-order valence-corrected chi connectivity index (χ1v) is 9.83. The lowest BCUT2D eigenvalue weighted by Gasteiger charge is -2.20. The molecular weight excluding hydrogens is 354 g/mol. The van der Waals surface area contributed by atoms with Crippen molar-refractivity contribution in [3.05, 3.63) is 59.7 Å². The van der Waals surface area contributed by atoms with Crippen molar-refractivity contribution >= 4 is 5.91 Å². The monoisotopic (exact) mass is 377 g/mol. The molecule has 1 aromatic carbocycles. The summed E-state index contributed by atoms with van der Waals surface area (Å²) in [6.07, 6.45) is 5.98. The molecule has 1 atom stereocenters. The highest BCUT2D eigenvalue weighted by atomic mass is 16.3. The summed E-state index contributed by atoms with van der Waals surface area (Å²) in [5.41, 5.74) is 3.28. The molecule has 1 unspecified atom stereocenters. The zero-order valence-corrected chi connectivity index (χ0v) is 15.6. The first kappa shape index (κ1) is 17.2. The SMILES string of the molecule is O=C(c1cccc(-c2ncc[nH]2)c1)N1CCCn2nc(C(O)C3CC3)cc2C1. The minimum absolute atomic E-state index is 0.00680. The molecule has 0 bridgehead atoms. The van der Waals surface area contributed by atoms with Crippen molar-refractivity contribution in [2.75, 3.05) is 6.54 Å². The van der Waals surface area contributed by atoms with Crippen LogP contribution >= 0.6 is 0 Å². The average molecular weight is 377 g/mol. The maximum atomic E-state index is 13.2. The van der Waals surface area contributed by atoms with Gasteiger partial charge in [-0.15, -0.1) is 0 Å². The fourth-order valence-corrected chi connectivity index (χ4v) is 3.86. The van der Waals surface area contributed by atoms with E-state index in [0.717, 1.165) is 48.6 Å². The van der Waals surface area contributed by atoms with Crippen molar-refractivity contribution in [1.29, 1.82) is 0 Å². The summed E-state index contributed by atoms with van der Waals surface area (Å²) < 4.78 is 1.95. The van der Waals surface area contributed by atoms with Gasteiger partial charge in [0.25, 0.3) is 5.91 Å². The van der Waals surface area contributed by atoms with Gasteiger partial charge in [-0.3, -0.25) is 9.48 Å². The Hall–Kier alpha value is -2.93. The largest absolute Gasteiger partial charge is 0.386 e. The van der Waals surface area contributed by atoms with Gasteiger partial charge < -0.3 is 15.0 Å². The van der Waals surface area contributed by atoms with E-state index in [2.05, 4.69) is 15.1 Å². The van der Waals surface area contributed by atoms with Crippen molar-refractivity contribution in [2.45, 2.75) is 38.5 Å². The summed E-state index contributed by atoms with van der Waals surface area (Å²) in [5, 5.41) is 15.0. The number of rotatable bonds is 4. The van der Waals surface area contributed by atoms with Crippen LogP contribution in [0.3, 0.4) is 0 Å². The maximum absolute atomic E-state index is 13.2. The van der Waals surface area contributed by atoms with Gasteiger partial charge in [0, 0.05) is 36.6 Å². The predicted molar refractivity (Wildman–Crippen MR) is 103 cm³/mol. The van der Waals surface area contributed by atoms with Gasteiger partial charge in [-0.05, 0) is 43.4 Å². The van der Waals surface area contributed by atoms with E-state index in [1.165, 1.54) is 0 Å². The fraction of sp³-hybridized carbons (Fsp3) is 0.381. The van der Waals surface area contributed by atoms with E-state index < -0.39 is 6.10 Å². The first-order chi connectivity index (χ1) is 13.7. The van der Waals surface area contributed by atoms with Gasteiger partial charge in [0.15, 0.2) is 0 Å². The number of aliphatic hydroxyl groups is 1. The lowest BCUT2D eigenvalue weighted by Crippen LogP contribution is -2.30. The molecule has 7 heteroatoms. The topological polar surface area (TPSA) is 87.0 Å².